The maximum Gasteiger partial charge on any atom is 0.128 e. The van der Waals surface area contributed by atoms with Crippen molar-refractivity contribution in [2.45, 2.75) is 51.2 Å². The molecule has 1 aromatic heterocycles. The van der Waals surface area contributed by atoms with Gasteiger partial charge in [-0.1, -0.05) is 6.92 Å². The third-order valence-electron chi connectivity index (χ3n) is 4.62. The number of rotatable bonds is 4. The molecule has 1 aliphatic rings. The quantitative estimate of drug-likeness (QED) is 0.580. The van der Waals surface area contributed by atoms with Crippen molar-refractivity contribution in [2.24, 2.45) is 11.8 Å². The maximum absolute atomic E-state index is 6.05. The van der Waals surface area contributed by atoms with Gasteiger partial charge in [-0.3, -0.25) is 5.84 Å². The second-order valence-corrected chi connectivity index (χ2v) is 6.04. The molecule has 0 saturated heterocycles. The Balaban J connectivity index is 2.36. The molecule has 1 aliphatic carbocycles. The summed E-state index contributed by atoms with van der Waals surface area (Å²) >= 11 is 0. The van der Waals surface area contributed by atoms with Crippen LogP contribution in [0.3, 0.4) is 0 Å². The minimum atomic E-state index is -0.301. The minimum absolute atomic E-state index is 0.132. The number of nitrogens with two attached hydrogens (primary N) is 2. The molecule has 0 aliphatic heterocycles. The van der Waals surface area contributed by atoms with Gasteiger partial charge in [0.05, 0.1) is 11.6 Å². The van der Waals surface area contributed by atoms with Crippen molar-refractivity contribution in [3.8, 4) is 0 Å². The van der Waals surface area contributed by atoms with Gasteiger partial charge in [0, 0.05) is 18.9 Å². The standard InChI is InChI=1S/C15H26N4O/c1-10-4-6-15(20-3,7-5-10)13(19-17)12-8-11(2)9-18-14(12)16/h8-10,13,19H,4-7,17H2,1-3H3,(H2,16,18). The molecule has 5 N–H and O–H groups in total. The molecule has 5 nitrogen and oxygen atoms in total. The summed E-state index contributed by atoms with van der Waals surface area (Å²) in [7, 11) is 1.76. The normalized spacial score (nSPS) is 28.3. The van der Waals surface area contributed by atoms with Crippen molar-refractivity contribution >= 4 is 5.82 Å². The SMILES string of the molecule is COC1(C(NN)c2cc(C)cnc2N)CCC(C)CC1. The summed E-state index contributed by atoms with van der Waals surface area (Å²) in [5.41, 5.74) is 10.7. The minimum Gasteiger partial charge on any atom is -0.383 e. The number of hydrazine groups is 1. The van der Waals surface area contributed by atoms with Crippen LogP contribution in [0.1, 0.15) is 49.8 Å². The molecular weight excluding hydrogens is 252 g/mol. The van der Waals surface area contributed by atoms with Gasteiger partial charge in [-0.15, -0.1) is 0 Å². The predicted molar refractivity (Wildman–Crippen MR) is 80.8 cm³/mol. The lowest BCUT2D eigenvalue weighted by atomic mass is 9.73. The van der Waals surface area contributed by atoms with E-state index >= 15 is 0 Å². The first-order valence-corrected chi connectivity index (χ1v) is 7.25. The van der Waals surface area contributed by atoms with Crippen LogP contribution >= 0.6 is 0 Å². The molecule has 1 saturated carbocycles. The number of ether oxygens (including phenoxy) is 1. The predicted octanol–water partition coefficient (Wildman–Crippen LogP) is 2.07. The van der Waals surface area contributed by atoms with Crippen molar-refractivity contribution in [3.05, 3.63) is 23.4 Å². The van der Waals surface area contributed by atoms with Gasteiger partial charge in [0.1, 0.15) is 5.82 Å². The Bertz CT molecular complexity index is 455. The van der Waals surface area contributed by atoms with Crippen LogP contribution in [0, 0.1) is 12.8 Å². The Morgan fingerprint density at radius 2 is 2.10 bits per heavy atom. The largest absolute Gasteiger partial charge is 0.383 e. The molecule has 0 spiro atoms. The number of nitrogens with one attached hydrogen (secondary N) is 1. The van der Waals surface area contributed by atoms with E-state index in [4.69, 9.17) is 16.3 Å². The van der Waals surface area contributed by atoms with Crippen LogP contribution in [0.5, 0.6) is 0 Å². The second-order valence-electron chi connectivity index (χ2n) is 6.04. The van der Waals surface area contributed by atoms with E-state index in [1.54, 1.807) is 13.3 Å². The number of pyridine rings is 1. The van der Waals surface area contributed by atoms with Crippen LogP contribution in [0.4, 0.5) is 5.82 Å². The van der Waals surface area contributed by atoms with Gasteiger partial charge in [-0.2, -0.15) is 0 Å². The zero-order chi connectivity index (χ0) is 14.8. The lowest BCUT2D eigenvalue weighted by Gasteiger charge is -2.44. The van der Waals surface area contributed by atoms with E-state index in [1.807, 2.05) is 13.0 Å². The lowest BCUT2D eigenvalue weighted by Crippen LogP contribution is -2.50. The summed E-state index contributed by atoms with van der Waals surface area (Å²) in [6, 6.07) is 1.92. The number of nitrogens with zero attached hydrogens (tertiary/aromatic N) is 1. The first-order valence-electron chi connectivity index (χ1n) is 7.25. The molecule has 0 amide bonds. The molecule has 5 heteroatoms. The van der Waals surface area contributed by atoms with Crippen LogP contribution in [0.2, 0.25) is 0 Å². The average Bonchev–Trinajstić information content (AvgIpc) is 2.45. The first-order chi connectivity index (χ1) is 9.52. The number of methoxy groups -OCH3 is 1. The van der Waals surface area contributed by atoms with Crippen molar-refractivity contribution in [1.29, 1.82) is 0 Å². The molecule has 1 aromatic rings. The summed E-state index contributed by atoms with van der Waals surface area (Å²) in [4.78, 5) is 4.25. The number of anilines is 1. The van der Waals surface area contributed by atoms with Crippen LogP contribution in [0.15, 0.2) is 12.3 Å². The molecule has 1 atom stereocenters. The summed E-state index contributed by atoms with van der Waals surface area (Å²) in [5, 5.41) is 0. The van der Waals surface area contributed by atoms with Crippen LogP contribution in [-0.4, -0.2) is 17.7 Å². The number of hydrogen-bond acceptors (Lipinski definition) is 5. The topological polar surface area (TPSA) is 86.2 Å². The molecule has 0 bridgehead atoms. The molecule has 0 radical (unpaired) electrons. The molecule has 2 rings (SSSR count). The van der Waals surface area contributed by atoms with Gasteiger partial charge in [0.25, 0.3) is 0 Å². The Labute approximate surface area is 121 Å². The smallest absolute Gasteiger partial charge is 0.128 e. The fraction of sp³-hybridized carbons (Fsp3) is 0.667. The average molecular weight is 278 g/mol. The molecule has 1 heterocycles. The van der Waals surface area contributed by atoms with Crippen LogP contribution in [0.25, 0.3) is 0 Å². The van der Waals surface area contributed by atoms with Crippen molar-refractivity contribution in [3.63, 3.8) is 0 Å². The van der Waals surface area contributed by atoms with Gasteiger partial charge in [-0.05, 0) is 50.2 Å². The Morgan fingerprint density at radius 3 is 2.65 bits per heavy atom. The summed E-state index contributed by atoms with van der Waals surface area (Å²) < 4.78 is 5.90. The van der Waals surface area contributed by atoms with Gasteiger partial charge in [0.2, 0.25) is 0 Å². The zero-order valence-corrected chi connectivity index (χ0v) is 12.6. The molecule has 0 aromatic carbocycles. The van der Waals surface area contributed by atoms with E-state index in [-0.39, 0.29) is 11.6 Å². The number of aryl methyl sites for hydroxylation is 1. The highest BCUT2D eigenvalue weighted by atomic mass is 16.5. The summed E-state index contributed by atoms with van der Waals surface area (Å²) in [6.07, 6.45) is 6.02. The highest BCUT2D eigenvalue weighted by molar-refractivity contribution is 5.44. The van der Waals surface area contributed by atoms with E-state index in [2.05, 4.69) is 17.3 Å². The van der Waals surface area contributed by atoms with Gasteiger partial charge in [-0.25, -0.2) is 10.4 Å². The first kappa shape index (κ1) is 15.2. The molecular formula is C15H26N4O. The highest BCUT2D eigenvalue weighted by Crippen LogP contribution is 2.43. The highest BCUT2D eigenvalue weighted by Gasteiger charge is 2.42. The number of nitrogen functional groups attached to an aromatic ring is 1. The lowest BCUT2D eigenvalue weighted by molar-refractivity contribution is -0.0760. The van der Waals surface area contributed by atoms with E-state index < -0.39 is 0 Å². The van der Waals surface area contributed by atoms with Crippen LogP contribution < -0.4 is 17.0 Å². The van der Waals surface area contributed by atoms with E-state index in [0.29, 0.717) is 5.82 Å². The number of aromatic nitrogens is 1. The van der Waals surface area contributed by atoms with Gasteiger partial charge >= 0.3 is 0 Å². The second kappa shape index (κ2) is 6.08. The van der Waals surface area contributed by atoms with E-state index in [0.717, 1.165) is 42.7 Å². The van der Waals surface area contributed by atoms with Crippen LogP contribution in [-0.2, 0) is 4.74 Å². The fourth-order valence-corrected chi connectivity index (χ4v) is 3.22. The zero-order valence-electron chi connectivity index (χ0n) is 12.6. The monoisotopic (exact) mass is 278 g/mol. The third-order valence-corrected chi connectivity index (χ3v) is 4.62. The van der Waals surface area contributed by atoms with Crippen molar-refractivity contribution in [2.75, 3.05) is 12.8 Å². The molecule has 112 valence electrons. The molecule has 1 unspecified atom stereocenters. The van der Waals surface area contributed by atoms with Gasteiger partial charge < -0.3 is 10.5 Å². The van der Waals surface area contributed by atoms with Crippen molar-refractivity contribution in [1.82, 2.24) is 10.4 Å². The van der Waals surface area contributed by atoms with Gasteiger partial charge in [0.15, 0.2) is 0 Å². The maximum atomic E-state index is 6.05. The van der Waals surface area contributed by atoms with Crippen molar-refractivity contribution < 1.29 is 4.74 Å². The molecule has 1 fully saturated rings. The fourth-order valence-electron chi connectivity index (χ4n) is 3.22. The third kappa shape index (κ3) is 2.80. The summed E-state index contributed by atoms with van der Waals surface area (Å²) in [5.74, 6) is 7.10. The Hall–Kier alpha value is -1.17. The van der Waals surface area contributed by atoms with E-state index in [1.165, 1.54) is 0 Å². The van der Waals surface area contributed by atoms with E-state index in [9.17, 15) is 0 Å². The Morgan fingerprint density at radius 1 is 1.45 bits per heavy atom. The molecule has 20 heavy (non-hydrogen) atoms. The summed E-state index contributed by atoms with van der Waals surface area (Å²) in [6.45, 7) is 4.29. The Kier molecular flexibility index (Phi) is 4.62. The number of hydrogen-bond donors (Lipinski definition) is 3.